The maximum atomic E-state index is 11.2. The zero-order valence-corrected chi connectivity index (χ0v) is 6.48. The molecular weight excluding hydrogens is 144 g/mol. The zero-order valence-electron chi connectivity index (χ0n) is 6.48. The third kappa shape index (κ3) is 1.38. The fourth-order valence-corrected chi connectivity index (χ4v) is 0.727. The van der Waals surface area contributed by atoms with Crippen LogP contribution in [0, 0.1) is 0 Å². The van der Waals surface area contributed by atoms with Crippen molar-refractivity contribution in [3.63, 3.8) is 0 Å². The molecule has 5 nitrogen and oxygen atoms in total. The summed E-state index contributed by atoms with van der Waals surface area (Å²) in [7, 11) is 3.22. The molecule has 60 valence electrons. The fraction of sp³-hybridized carbons (Fsp3) is 0.333. The molecule has 1 aromatic rings. The third-order valence-electron chi connectivity index (χ3n) is 1.33. The Morgan fingerprint density at radius 1 is 1.73 bits per heavy atom. The second kappa shape index (κ2) is 2.71. The van der Waals surface area contributed by atoms with Gasteiger partial charge in [-0.1, -0.05) is 0 Å². The van der Waals surface area contributed by atoms with Gasteiger partial charge in [-0.05, 0) is 0 Å². The number of aromatic nitrogens is 2. The van der Waals surface area contributed by atoms with Crippen LogP contribution in [0.4, 0.5) is 5.82 Å². The predicted molar refractivity (Wildman–Crippen MR) is 42.1 cm³/mol. The summed E-state index contributed by atoms with van der Waals surface area (Å²) >= 11 is 0. The van der Waals surface area contributed by atoms with Gasteiger partial charge in [0.05, 0.1) is 0 Å². The van der Waals surface area contributed by atoms with Crippen molar-refractivity contribution in [1.29, 1.82) is 0 Å². The Balaban J connectivity index is 3.28. The SMILES string of the molecule is CN(N)c1nccn(C)c1=O. The van der Waals surface area contributed by atoms with Gasteiger partial charge in [-0.3, -0.25) is 9.80 Å². The third-order valence-corrected chi connectivity index (χ3v) is 1.33. The standard InChI is InChI=1S/C6H10N4O/c1-9-4-3-8-5(6(9)11)10(2)7/h3-4H,7H2,1-2H3. The van der Waals surface area contributed by atoms with E-state index in [-0.39, 0.29) is 11.4 Å². The molecule has 1 heterocycles. The molecule has 0 unspecified atom stereocenters. The van der Waals surface area contributed by atoms with Crippen molar-refractivity contribution in [1.82, 2.24) is 9.55 Å². The van der Waals surface area contributed by atoms with Crippen molar-refractivity contribution in [2.45, 2.75) is 0 Å². The van der Waals surface area contributed by atoms with Gasteiger partial charge in [-0.2, -0.15) is 0 Å². The van der Waals surface area contributed by atoms with Gasteiger partial charge in [0.2, 0.25) is 5.82 Å². The lowest BCUT2D eigenvalue weighted by molar-refractivity contribution is 0.817. The van der Waals surface area contributed by atoms with E-state index in [2.05, 4.69) is 4.98 Å². The summed E-state index contributed by atoms with van der Waals surface area (Å²) in [5.74, 6) is 5.59. The fourth-order valence-electron chi connectivity index (χ4n) is 0.727. The van der Waals surface area contributed by atoms with E-state index in [1.807, 2.05) is 0 Å². The molecule has 0 fully saturated rings. The average molecular weight is 154 g/mol. The van der Waals surface area contributed by atoms with Gasteiger partial charge < -0.3 is 4.57 Å². The number of rotatable bonds is 1. The maximum Gasteiger partial charge on any atom is 0.294 e. The minimum atomic E-state index is -0.197. The topological polar surface area (TPSA) is 64.2 Å². The van der Waals surface area contributed by atoms with Crippen LogP contribution in [-0.4, -0.2) is 16.6 Å². The summed E-state index contributed by atoms with van der Waals surface area (Å²) in [5, 5.41) is 1.20. The molecule has 0 spiro atoms. The van der Waals surface area contributed by atoms with E-state index in [1.165, 1.54) is 15.8 Å². The van der Waals surface area contributed by atoms with E-state index >= 15 is 0 Å². The van der Waals surface area contributed by atoms with E-state index in [4.69, 9.17) is 5.84 Å². The van der Waals surface area contributed by atoms with Gasteiger partial charge in [0.1, 0.15) is 0 Å². The van der Waals surface area contributed by atoms with Crippen LogP contribution in [0.1, 0.15) is 0 Å². The first-order valence-corrected chi connectivity index (χ1v) is 3.13. The number of hydrogen-bond donors (Lipinski definition) is 1. The van der Waals surface area contributed by atoms with Crippen LogP contribution in [-0.2, 0) is 7.05 Å². The van der Waals surface area contributed by atoms with Crippen LogP contribution in [0.2, 0.25) is 0 Å². The smallest absolute Gasteiger partial charge is 0.294 e. The molecule has 0 bridgehead atoms. The number of nitrogens with two attached hydrogens (primary N) is 1. The van der Waals surface area contributed by atoms with Crippen LogP contribution in [0.15, 0.2) is 17.2 Å². The summed E-state index contributed by atoms with van der Waals surface area (Å²) in [6.45, 7) is 0. The maximum absolute atomic E-state index is 11.2. The Kier molecular flexibility index (Phi) is 1.91. The molecule has 0 atom stereocenters. The lowest BCUT2D eigenvalue weighted by Gasteiger charge is -2.09. The highest BCUT2D eigenvalue weighted by molar-refractivity contribution is 5.31. The first kappa shape index (κ1) is 7.74. The largest absolute Gasteiger partial charge is 0.314 e. The predicted octanol–water partition coefficient (Wildman–Crippen LogP) is -0.910. The Bertz CT molecular complexity index is 304. The molecule has 1 aromatic heterocycles. The molecule has 0 saturated heterocycles. The molecule has 11 heavy (non-hydrogen) atoms. The van der Waals surface area contributed by atoms with Gasteiger partial charge in [0.15, 0.2) is 0 Å². The molecule has 0 aliphatic heterocycles. The lowest BCUT2D eigenvalue weighted by Crippen LogP contribution is -2.34. The minimum absolute atomic E-state index is 0.197. The highest BCUT2D eigenvalue weighted by Crippen LogP contribution is 1.92. The average Bonchev–Trinajstić information content (AvgIpc) is 1.94. The quantitative estimate of drug-likeness (QED) is 0.420. The number of aryl methyl sites for hydroxylation is 1. The summed E-state index contributed by atoms with van der Waals surface area (Å²) in [6, 6.07) is 0. The molecule has 2 N–H and O–H groups in total. The number of nitrogens with zero attached hydrogens (tertiary/aromatic N) is 3. The van der Waals surface area contributed by atoms with Crippen molar-refractivity contribution < 1.29 is 0 Å². The number of hydrogen-bond acceptors (Lipinski definition) is 4. The minimum Gasteiger partial charge on any atom is -0.314 e. The van der Waals surface area contributed by atoms with Gasteiger partial charge >= 0.3 is 0 Å². The second-order valence-corrected chi connectivity index (χ2v) is 2.28. The highest BCUT2D eigenvalue weighted by Gasteiger charge is 2.02. The van der Waals surface area contributed by atoms with E-state index in [0.29, 0.717) is 0 Å². The van der Waals surface area contributed by atoms with Gasteiger partial charge in [-0.25, -0.2) is 10.8 Å². The van der Waals surface area contributed by atoms with Crippen molar-refractivity contribution in [3.8, 4) is 0 Å². The van der Waals surface area contributed by atoms with Crippen molar-refractivity contribution in [2.75, 3.05) is 12.1 Å². The monoisotopic (exact) mass is 154 g/mol. The van der Waals surface area contributed by atoms with Gasteiger partial charge in [-0.15, -0.1) is 0 Å². The number of anilines is 1. The van der Waals surface area contributed by atoms with Crippen LogP contribution >= 0.6 is 0 Å². The van der Waals surface area contributed by atoms with Gasteiger partial charge in [0, 0.05) is 26.5 Å². The molecule has 1 rings (SSSR count). The lowest BCUT2D eigenvalue weighted by atomic mass is 10.6. The molecule has 0 saturated carbocycles. The molecule has 0 aliphatic carbocycles. The van der Waals surface area contributed by atoms with E-state index in [0.717, 1.165) is 0 Å². The normalized spacial score (nSPS) is 9.73. The molecule has 0 radical (unpaired) electrons. The Hall–Kier alpha value is -1.36. The molecular formula is C6H10N4O. The Morgan fingerprint density at radius 2 is 2.36 bits per heavy atom. The summed E-state index contributed by atoms with van der Waals surface area (Å²) in [5.41, 5.74) is -0.197. The van der Waals surface area contributed by atoms with Gasteiger partial charge in [0.25, 0.3) is 5.56 Å². The molecule has 0 aliphatic rings. The van der Waals surface area contributed by atoms with Crippen LogP contribution in [0.5, 0.6) is 0 Å². The Labute approximate surface area is 64.0 Å². The first-order valence-electron chi connectivity index (χ1n) is 3.13. The van der Waals surface area contributed by atoms with E-state index in [9.17, 15) is 4.79 Å². The van der Waals surface area contributed by atoms with Crippen molar-refractivity contribution in [2.24, 2.45) is 12.9 Å². The summed E-state index contributed by atoms with van der Waals surface area (Å²) < 4.78 is 1.42. The molecule has 5 heteroatoms. The van der Waals surface area contributed by atoms with Crippen molar-refractivity contribution >= 4 is 5.82 Å². The van der Waals surface area contributed by atoms with Crippen LogP contribution in [0.3, 0.4) is 0 Å². The van der Waals surface area contributed by atoms with Crippen LogP contribution in [0.25, 0.3) is 0 Å². The first-order chi connectivity index (χ1) is 5.13. The zero-order chi connectivity index (χ0) is 8.43. The van der Waals surface area contributed by atoms with E-state index < -0.39 is 0 Å². The van der Waals surface area contributed by atoms with Crippen LogP contribution < -0.4 is 16.4 Å². The van der Waals surface area contributed by atoms with Crippen molar-refractivity contribution in [3.05, 3.63) is 22.7 Å². The molecule has 0 amide bonds. The Morgan fingerprint density at radius 3 is 2.82 bits per heavy atom. The van der Waals surface area contributed by atoms with E-state index in [1.54, 1.807) is 20.3 Å². The summed E-state index contributed by atoms with van der Waals surface area (Å²) in [6.07, 6.45) is 3.11. The highest BCUT2D eigenvalue weighted by atomic mass is 16.1. The molecule has 0 aromatic carbocycles. The number of hydrazine groups is 1. The summed E-state index contributed by atoms with van der Waals surface area (Å²) in [4.78, 5) is 15.0. The second-order valence-electron chi connectivity index (χ2n) is 2.28.